The molecule has 0 saturated heterocycles. The Morgan fingerprint density at radius 3 is 2.83 bits per heavy atom. The van der Waals surface area contributed by atoms with Gasteiger partial charge < -0.3 is 15.2 Å². The van der Waals surface area contributed by atoms with E-state index in [1.165, 1.54) is 12.8 Å². The second kappa shape index (κ2) is 5.79. The van der Waals surface area contributed by atoms with Crippen LogP contribution >= 0.6 is 0 Å². The standard InChI is InChI=1S/C15H19NO2/c1-11(16)14-8-7-13(17-2)10-15(14)18-9-3-4-12-5-6-12/h7-8,10-12H,5-6,9,16H2,1-2H3/t11-/m0/s1. The van der Waals surface area contributed by atoms with Gasteiger partial charge in [0.2, 0.25) is 0 Å². The van der Waals surface area contributed by atoms with Gasteiger partial charge in [0, 0.05) is 23.6 Å². The Bertz CT molecular complexity index is 467. The van der Waals surface area contributed by atoms with Gasteiger partial charge in [-0.1, -0.05) is 17.9 Å². The topological polar surface area (TPSA) is 44.5 Å². The van der Waals surface area contributed by atoms with Crippen LogP contribution in [-0.2, 0) is 0 Å². The molecule has 0 spiro atoms. The molecule has 1 aliphatic rings. The zero-order valence-electron chi connectivity index (χ0n) is 10.9. The van der Waals surface area contributed by atoms with Crippen LogP contribution in [0, 0.1) is 17.8 Å². The average Bonchev–Trinajstić information content (AvgIpc) is 3.18. The van der Waals surface area contributed by atoms with Gasteiger partial charge in [-0.2, -0.15) is 0 Å². The van der Waals surface area contributed by atoms with Crippen LogP contribution in [0.1, 0.15) is 31.4 Å². The van der Waals surface area contributed by atoms with Crippen LogP contribution < -0.4 is 15.2 Å². The van der Waals surface area contributed by atoms with Gasteiger partial charge in [-0.25, -0.2) is 0 Å². The van der Waals surface area contributed by atoms with E-state index in [0.29, 0.717) is 12.5 Å². The molecule has 0 unspecified atom stereocenters. The second-order valence-electron chi connectivity index (χ2n) is 4.58. The van der Waals surface area contributed by atoms with Crippen LogP contribution in [0.25, 0.3) is 0 Å². The van der Waals surface area contributed by atoms with Crippen molar-refractivity contribution in [2.75, 3.05) is 13.7 Å². The first-order chi connectivity index (χ1) is 8.70. The van der Waals surface area contributed by atoms with E-state index in [0.717, 1.165) is 17.1 Å². The number of rotatable bonds is 4. The molecule has 1 aromatic rings. The van der Waals surface area contributed by atoms with Crippen molar-refractivity contribution >= 4 is 0 Å². The zero-order valence-corrected chi connectivity index (χ0v) is 10.9. The predicted octanol–water partition coefficient (Wildman–Crippen LogP) is 2.51. The summed E-state index contributed by atoms with van der Waals surface area (Å²) in [5.41, 5.74) is 6.89. The van der Waals surface area contributed by atoms with Crippen molar-refractivity contribution < 1.29 is 9.47 Å². The molecule has 1 aromatic carbocycles. The van der Waals surface area contributed by atoms with E-state index in [9.17, 15) is 0 Å². The lowest BCUT2D eigenvalue weighted by Crippen LogP contribution is -2.08. The van der Waals surface area contributed by atoms with E-state index in [2.05, 4.69) is 11.8 Å². The van der Waals surface area contributed by atoms with E-state index in [-0.39, 0.29) is 6.04 Å². The SMILES string of the molecule is COc1ccc([C@H](C)N)c(OCC#CC2CC2)c1. The molecular formula is C15H19NO2. The molecule has 1 saturated carbocycles. The summed E-state index contributed by atoms with van der Waals surface area (Å²) < 4.78 is 10.9. The largest absolute Gasteiger partial charge is 0.497 e. The summed E-state index contributed by atoms with van der Waals surface area (Å²) in [6.07, 6.45) is 2.47. The van der Waals surface area contributed by atoms with Crippen molar-refractivity contribution in [2.24, 2.45) is 11.7 Å². The molecular weight excluding hydrogens is 226 g/mol. The molecule has 3 nitrogen and oxygen atoms in total. The van der Waals surface area contributed by atoms with Gasteiger partial charge in [-0.05, 0) is 25.8 Å². The third-order valence-corrected chi connectivity index (χ3v) is 2.89. The normalized spacial score (nSPS) is 15.5. The molecule has 2 N–H and O–H groups in total. The zero-order chi connectivity index (χ0) is 13.0. The Balaban J connectivity index is 2.05. The summed E-state index contributed by atoms with van der Waals surface area (Å²) in [5, 5.41) is 0. The Kier molecular flexibility index (Phi) is 4.11. The minimum atomic E-state index is -0.0673. The molecule has 0 amide bonds. The summed E-state index contributed by atoms with van der Waals surface area (Å²) in [5.74, 6) is 8.34. The van der Waals surface area contributed by atoms with E-state index >= 15 is 0 Å². The van der Waals surface area contributed by atoms with Gasteiger partial charge in [0.1, 0.15) is 18.1 Å². The monoisotopic (exact) mass is 245 g/mol. The lowest BCUT2D eigenvalue weighted by atomic mass is 10.1. The first-order valence-electron chi connectivity index (χ1n) is 6.25. The Labute approximate surface area is 108 Å². The molecule has 0 heterocycles. The van der Waals surface area contributed by atoms with Crippen molar-refractivity contribution in [2.45, 2.75) is 25.8 Å². The lowest BCUT2D eigenvalue weighted by Gasteiger charge is -2.13. The number of nitrogens with two attached hydrogens (primary N) is 1. The van der Waals surface area contributed by atoms with Crippen molar-refractivity contribution in [3.63, 3.8) is 0 Å². The highest BCUT2D eigenvalue weighted by molar-refractivity contribution is 5.42. The number of hydrogen-bond acceptors (Lipinski definition) is 3. The van der Waals surface area contributed by atoms with Crippen LogP contribution in [0.5, 0.6) is 11.5 Å². The molecule has 3 heteroatoms. The predicted molar refractivity (Wildman–Crippen MR) is 71.6 cm³/mol. The van der Waals surface area contributed by atoms with E-state index < -0.39 is 0 Å². The molecule has 0 bridgehead atoms. The molecule has 1 fully saturated rings. The van der Waals surface area contributed by atoms with Crippen molar-refractivity contribution in [1.82, 2.24) is 0 Å². The molecule has 0 aromatic heterocycles. The molecule has 0 aliphatic heterocycles. The quantitative estimate of drug-likeness (QED) is 0.829. The summed E-state index contributed by atoms with van der Waals surface area (Å²) in [6.45, 7) is 2.34. The molecule has 1 atom stereocenters. The maximum atomic E-state index is 5.91. The molecule has 1 aliphatic carbocycles. The molecule has 0 radical (unpaired) electrons. The minimum Gasteiger partial charge on any atom is -0.497 e. The van der Waals surface area contributed by atoms with E-state index in [4.69, 9.17) is 15.2 Å². The van der Waals surface area contributed by atoms with Crippen molar-refractivity contribution in [1.29, 1.82) is 0 Å². The van der Waals surface area contributed by atoms with Crippen LogP contribution in [-0.4, -0.2) is 13.7 Å². The fourth-order valence-corrected chi connectivity index (χ4v) is 1.67. The van der Waals surface area contributed by atoms with Crippen LogP contribution in [0.4, 0.5) is 0 Å². The summed E-state index contributed by atoms with van der Waals surface area (Å²) >= 11 is 0. The minimum absolute atomic E-state index is 0.0673. The summed E-state index contributed by atoms with van der Waals surface area (Å²) in [4.78, 5) is 0. The van der Waals surface area contributed by atoms with Crippen LogP contribution in [0.15, 0.2) is 18.2 Å². The fraction of sp³-hybridized carbons (Fsp3) is 0.467. The maximum absolute atomic E-state index is 5.91. The van der Waals surface area contributed by atoms with Gasteiger partial charge >= 0.3 is 0 Å². The first-order valence-corrected chi connectivity index (χ1v) is 6.25. The lowest BCUT2D eigenvalue weighted by molar-refractivity contribution is 0.357. The fourth-order valence-electron chi connectivity index (χ4n) is 1.67. The Morgan fingerprint density at radius 1 is 1.44 bits per heavy atom. The van der Waals surface area contributed by atoms with E-state index in [1.807, 2.05) is 25.1 Å². The smallest absolute Gasteiger partial charge is 0.149 e. The highest BCUT2D eigenvalue weighted by Crippen LogP contribution is 2.29. The highest BCUT2D eigenvalue weighted by atomic mass is 16.5. The van der Waals surface area contributed by atoms with Gasteiger partial charge in [-0.3, -0.25) is 0 Å². The summed E-state index contributed by atoms with van der Waals surface area (Å²) in [7, 11) is 1.64. The van der Waals surface area contributed by atoms with Gasteiger partial charge in [-0.15, -0.1) is 0 Å². The van der Waals surface area contributed by atoms with Crippen LogP contribution in [0.3, 0.4) is 0 Å². The molecule has 2 rings (SSSR count). The highest BCUT2D eigenvalue weighted by Gasteiger charge is 2.17. The van der Waals surface area contributed by atoms with Crippen LogP contribution in [0.2, 0.25) is 0 Å². The van der Waals surface area contributed by atoms with E-state index in [1.54, 1.807) is 7.11 Å². The number of benzene rings is 1. The average molecular weight is 245 g/mol. The van der Waals surface area contributed by atoms with Gasteiger partial charge in [0.05, 0.1) is 7.11 Å². The van der Waals surface area contributed by atoms with Crippen molar-refractivity contribution in [3.05, 3.63) is 23.8 Å². The third-order valence-electron chi connectivity index (χ3n) is 2.89. The van der Waals surface area contributed by atoms with Gasteiger partial charge in [0.25, 0.3) is 0 Å². The van der Waals surface area contributed by atoms with Gasteiger partial charge in [0.15, 0.2) is 0 Å². The first kappa shape index (κ1) is 12.8. The van der Waals surface area contributed by atoms with Crippen molar-refractivity contribution in [3.8, 4) is 23.3 Å². The number of hydrogen-bond donors (Lipinski definition) is 1. The Hall–Kier alpha value is -1.66. The third kappa shape index (κ3) is 3.41. The second-order valence-corrected chi connectivity index (χ2v) is 4.58. The molecule has 96 valence electrons. The maximum Gasteiger partial charge on any atom is 0.149 e. The molecule has 18 heavy (non-hydrogen) atoms. The Morgan fingerprint density at radius 2 is 2.22 bits per heavy atom. The summed E-state index contributed by atoms with van der Waals surface area (Å²) in [6, 6.07) is 5.62. The number of ether oxygens (including phenoxy) is 2. The number of methoxy groups -OCH3 is 1.